The molecule has 21 heteroatoms. The third-order valence-corrected chi connectivity index (χ3v) is 11.5. The van der Waals surface area contributed by atoms with Crippen molar-refractivity contribution in [2.24, 2.45) is 0 Å². The highest BCUT2D eigenvalue weighted by Crippen LogP contribution is 2.52. The van der Waals surface area contributed by atoms with Crippen LogP contribution in [-0.4, -0.2) is 61.2 Å². The minimum absolute atomic E-state index is 0.0140. The molecular weight excluding hydrogens is 774 g/mol. The van der Waals surface area contributed by atoms with Gasteiger partial charge in [0.15, 0.2) is 22.6 Å². The number of nitrogen functional groups attached to an aromatic ring is 1. The van der Waals surface area contributed by atoms with E-state index in [2.05, 4.69) is 25.6 Å². The number of carbonyl (C=O) groups is 2. The number of halogens is 1. The van der Waals surface area contributed by atoms with E-state index in [1.54, 1.807) is 13.0 Å². The van der Waals surface area contributed by atoms with Crippen LogP contribution in [0, 0.1) is 13.8 Å². The molecule has 0 bridgehead atoms. The fraction of sp³-hybridized carbons (Fsp3) is 0.0938. The molecule has 0 amide bonds. The first-order chi connectivity index (χ1) is 24.9. The number of fused-ring (bicyclic) bond motifs is 3. The zero-order valence-electron chi connectivity index (χ0n) is 27.1. The van der Waals surface area contributed by atoms with Crippen LogP contribution in [0.1, 0.15) is 48.5 Å². The Kier molecular flexibility index (Phi) is 8.60. The molecule has 0 fully saturated rings. The van der Waals surface area contributed by atoms with Gasteiger partial charge in [0.1, 0.15) is 9.79 Å². The van der Waals surface area contributed by atoms with Crippen LogP contribution in [0.2, 0.25) is 5.28 Å². The molecule has 2 aliphatic rings. The van der Waals surface area contributed by atoms with Gasteiger partial charge in [-0.3, -0.25) is 18.7 Å². The summed E-state index contributed by atoms with van der Waals surface area (Å²) in [6.45, 7) is 2.68. The van der Waals surface area contributed by atoms with Crippen LogP contribution in [0.15, 0.2) is 69.3 Å². The summed E-state index contributed by atoms with van der Waals surface area (Å²) in [6, 6.07) is 12.7. The zero-order valence-corrected chi connectivity index (χ0v) is 30.3. The van der Waals surface area contributed by atoms with Crippen molar-refractivity contribution in [1.82, 2.24) is 15.0 Å². The minimum atomic E-state index is -5.07. The van der Waals surface area contributed by atoms with Crippen LogP contribution < -0.4 is 21.3 Å². The van der Waals surface area contributed by atoms with Gasteiger partial charge < -0.3 is 25.8 Å². The lowest BCUT2D eigenvalue weighted by atomic mass is 9.81. The Balaban J connectivity index is 1.39. The Bertz CT molecular complexity index is 2750. The second kappa shape index (κ2) is 12.7. The van der Waals surface area contributed by atoms with Gasteiger partial charge in [-0.1, -0.05) is 30.3 Å². The van der Waals surface area contributed by atoms with E-state index in [9.17, 15) is 44.3 Å². The van der Waals surface area contributed by atoms with E-state index in [1.807, 2.05) is 0 Å². The zero-order chi connectivity index (χ0) is 38.3. The smallest absolute Gasteiger partial charge is 0.296 e. The molecular formula is C32H24ClN7O10S3. The van der Waals surface area contributed by atoms with Gasteiger partial charge in [0.05, 0.1) is 45.3 Å². The molecule has 1 atom stereocenters. The number of hydrogen-bond acceptors (Lipinski definition) is 14. The minimum Gasteiger partial charge on any atom is -0.397 e. The molecule has 7 rings (SSSR count). The van der Waals surface area contributed by atoms with Crippen LogP contribution in [-0.2, 0) is 37.9 Å². The molecule has 53 heavy (non-hydrogen) atoms. The van der Waals surface area contributed by atoms with Crippen LogP contribution in [0.3, 0.4) is 0 Å². The maximum absolute atomic E-state index is 14.0. The predicted octanol–water partition coefficient (Wildman–Crippen LogP) is 4.71. The summed E-state index contributed by atoms with van der Waals surface area (Å²) >= 11 is 3.92. The summed E-state index contributed by atoms with van der Waals surface area (Å²) in [4.78, 5) is 40.2. The van der Waals surface area contributed by atoms with Gasteiger partial charge in [-0.05, 0) is 60.8 Å². The number of nitrogens with zero attached hydrogens (tertiary/aromatic N) is 4. The van der Waals surface area contributed by atoms with Crippen molar-refractivity contribution in [3.05, 3.63) is 98.8 Å². The first kappa shape index (κ1) is 36.0. The highest BCUT2D eigenvalue weighted by molar-refractivity contribution is 7.86. The average Bonchev–Trinajstić information content (AvgIpc) is 3.05. The van der Waals surface area contributed by atoms with Crippen molar-refractivity contribution < 1.29 is 44.3 Å². The fourth-order valence-electron chi connectivity index (χ4n) is 6.56. The molecule has 1 unspecified atom stereocenters. The molecule has 0 saturated heterocycles. The molecule has 2 heterocycles. The first-order valence-electron chi connectivity index (χ1n) is 15.1. The van der Waals surface area contributed by atoms with E-state index in [4.69, 9.17) is 17.3 Å². The van der Waals surface area contributed by atoms with Crippen molar-refractivity contribution in [3.63, 3.8) is 0 Å². The lowest BCUT2D eigenvalue weighted by Gasteiger charge is -2.42. The number of hydrogen-bond donors (Lipinski definition) is 6. The summed E-state index contributed by atoms with van der Waals surface area (Å²) in [5.41, 5.74) is 5.48. The van der Waals surface area contributed by atoms with Gasteiger partial charge in [0, 0.05) is 22.4 Å². The number of nitrogens with one attached hydrogen (secondary N) is 2. The fourth-order valence-corrected chi connectivity index (χ4v) is 8.74. The van der Waals surface area contributed by atoms with Crippen molar-refractivity contribution in [1.29, 1.82) is 0 Å². The topological polar surface area (TPSA) is 272 Å². The summed E-state index contributed by atoms with van der Waals surface area (Å²) in [5, 5.41) is 5.44. The molecule has 7 N–H and O–H groups in total. The standard InChI is InChI=1S/C32H24ClN7O10S3/c1-13-25(36-32-38-30(33)37-31(39-32)35-15-6-5-7-16(10-15)51(43)44)14(2)29(53(48,49)50)19-12-40(26(13)19)20-11-21(52(45,46)47)24(34)23-22(20)27(41)17-8-3-4-9-18(17)28(23)42/h3-11H,12,34H2,1-2H3,(H,43,44)(H,45,46,47)(H,48,49,50)(H2,35,36,37,38,39). The quantitative estimate of drug-likeness (QED) is 0.0691. The Hall–Kier alpha value is -5.35. The van der Waals surface area contributed by atoms with Gasteiger partial charge in [-0.15, -0.1) is 0 Å². The summed E-state index contributed by atoms with van der Waals surface area (Å²) in [5.74, 6) is -1.77. The summed E-state index contributed by atoms with van der Waals surface area (Å²) in [6.07, 6.45) is 0. The van der Waals surface area contributed by atoms with E-state index < -0.39 is 63.9 Å². The van der Waals surface area contributed by atoms with E-state index in [0.29, 0.717) is 11.3 Å². The second-order valence-corrected chi connectivity index (χ2v) is 15.9. The number of rotatable bonds is 8. The van der Waals surface area contributed by atoms with Crippen LogP contribution >= 0.6 is 11.6 Å². The number of carbonyl (C=O) groups excluding carboxylic acids is 2. The van der Waals surface area contributed by atoms with Gasteiger partial charge in [0.25, 0.3) is 20.2 Å². The molecule has 0 radical (unpaired) electrons. The van der Waals surface area contributed by atoms with Crippen molar-refractivity contribution in [2.45, 2.75) is 35.1 Å². The van der Waals surface area contributed by atoms with E-state index in [1.165, 1.54) is 54.3 Å². The van der Waals surface area contributed by atoms with Gasteiger partial charge in [-0.2, -0.15) is 31.8 Å². The summed E-state index contributed by atoms with van der Waals surface area (Å²) in [7, 11) is -10.0. The molecule has 4 aromatic carbocycles. The third kappa shape index (κ3) is 6.08. The molecule has 0 saturated carbocycles. The number of ketones is 2. The molecule has 1 aliphatic carbocycles. The van der Waals surface area contributed by atoms with Crippen LogP contribution in [0.25, 0.3) is 0 Å². The molecule has 0 spiro atoms. The Morgan fingerprint density at radius 2 is 1.47 bits per heavy atom. The van der Waals surface area contributed by atoms with E-state index >= 15 is 0 Å². The lowest BCUT2D eigenvalue weighted by Crippen LogP contribution is -2.35. The molecule has 272 valence electrons. The highest BCUT2D eigenvalue weighted by atomic mass is 35.5. The number of aromatic nitrogens is 3. The Labute approximate surface area is 308 Å². The predicted molar refractivity (Wildman–Crippen MR) is 192 cm³/mol. The maximum atomic E-state index is 14.0. The van der Waals surface area contributed by atoms with Gasteiger partial charge in [-0.25, -0.2) is 4.21 Å². The normalized spacial score (nSPS) is 14.2. The van der Waals surface area contributed by atoms with Crippen LogP contribution in [0.5, 0.6) is 0 Å². The van der Waals surface area contributed by atoms with Crippen molar-refractivity contribution >= 4 is 94.8 Å². The van der Waals surface area contributed by atoms with E-state index in [0.717, 1.165) is 6.07 Å². The number of nitrogens with two attached hydrogens (primary N) is 1. The monoisotopic (exact) mass is 797 g/mol. The second-order valence-electron chi connectivity index (χ2n) is 11.9. The van der Waals surface area contributed by atoms with Gasteiger partial charge in [0.2, 0.25) is 17.2 Å². The molecule has 1 aliphatic heterocycles. The maximum Gasteiger partial charge on any atom is 0.296 e. The molecule has 17 nitrogen and oxygen atoms in total. The molecule has 1 aromatic heterocycles. The van der Waals surface area contributed by atoms with Crippen LogP contribution in [0.4, 0.5) is 40.3 Å². The molecule has 5 aromatic rings. The largest absolute Gasteiger partial charge is 0.397 e. The Morgan fingerprint density at radius 1 is 0.849 bits per heavy atom. The Morgan fingerprint density at radius 3 is 2.08 bits per heavy atom. The highest BCUT2D eigenvalue weighted by Gasteiger charge is 2.42. The summed E-state index contributed by atoms with van der Waals surface area (Å²) < 4.78 is 92.4. The third-order valence-electron chi connectivity index (χ3n) is 8.73. The van der Waals surface area contributed by atoms with Crippen molar-refractivity contribution in [3.8, 4) is 0 Å². The van der Waals surface area contributed by atoms with Crippen molar-refractivity contribution in [2.75, 3.05) is 21.3 Å². The first-order valence-corrected chi connectivity index (χ1v) is 19.4. The number of anilines is 7. The van der Waals surface area contributed by atoms with Gasteiger partial charge >= 0.3 is 0 Å². The SMILES string of the molecule is Cc1c(Nc2nc(Cl)nc(Nc3cccc(S(=O)O)c3)n2)c(C)c(S(=O)(=O)O)c2c1N(c1cc(S(=O)(=O)O)c(N)c3c1C(=O)c1ccccc1C3=O)C2. The lowest BCUT2D eigenvalue weighted by molar-refractivity contribution is 0.0980. The van der Waals surface area contributed by atoms with E-state index in [-0.39, 0.29) is 73.5 Å². The number of benzene rings is 4. The average molecular weight is 798 g/mol.